The zero-order valence-electron chi connectivity index (χ0n) is 8.06. The molecule has 1 saturated heterocycles. The normalized spacial score (nSPS) is 21.9. The van der Waals surface area contributed by atoms with Gasteiger partial charge in [0.15, 0.2) is 0 Å². The van der Waals surface area contributed by atoms with E-state index in [-0.39, 0.29) is 5.76 Å². The summed E-state index contributed by atoms with van der Waals surface area (Å²) in [5, 5.41) is 8.65. The van der Waals surface area contributed by atoms with Gasteiger partial charge in [-0.3, -0.25) is 4.90 Å². The lowest BCUT2D eigenvalue weighted by atomic mass is 10.1. The van der Waals surface area contributed by atoms with Crippen molar-refractivity contribution in [2.24, 2.45) is 0 Å². The van der Waals surface area contributed by atoms with Crippen LogP contribution in [0.4, 0.5) is 0 Å². The number of likely N-dealkylation sites (tertiary alicyclic amines) is 1. The standard InChI is InChI=1S/C10H13NO3/c1-7-4-5-11(7)6-8-2-3-9(14-8)10(12)13/h2-3,7H,4-6H2,1H3,(H,12,13). The second kappa shape index (κ2) is 3.46. The molecule has 0 bridgehead atoms. The van der Waals surface area contributed by atoms with Crippen molar-refractivity contribution in [3.8, 4) is 0 Å². The van der Waals surface area contributed by atoms with Crippen molar-refractivity contribution >= 4 is 5.97 Å². The lowest BCUT2D eigenvalue weighted by molar-refractivity contribution is 0.0644. The van der Waals surface area contributed by atoms with E-state index >= 15 is 0 Å². The van der Waals surface area contributed by atoms with E-state index in [1.54, 1.807) is 6.07 Å². The number of carboxylic acid groups (broad SMARTS) is 1. The van der Waals surface area contributed by atoms with Crippen molar-refractivity contribution in [2.75, 3.05) is 6.54 Å². The molecule has 1 aromatic heterocycles. The van der Waals surface area contributed by atoms with Gasteiger partial charge in [-0.25, -0.2) is 4.79 Å². The third kappa shape index (κ3) is 1.65. The highest BCUT2D eigenvalue weighted by Gasteiger charge is 2.24. The van der Waals surface area contributed by atoms with Gasteiger partial charge in [0.05, 0.1) is 6.54 Å². The van der Waals surface area contributed by atoms with Crippen molar-refractivity contribution in [3.05, 3.63) is 23.7 Å². The van der Waals surface area contributed by atoms with Crippen LogP contribution in [0.25, 0.3) is 0 Å². The molecule has 4 heteroatoms. The lowest BCUT2D eigenvalue weighted by Gasteiger charge is -2.37. The minimum Gasteiger partial charge on any atom is -0.475 e. The summed E-state index contributed by atoms with van der Waals surface area (Å²) in [5.41, 5.74) is 0. The van der Waals surface area contributed by atoms with Crippen LogP contribution in [-0.4, -0.2) is 28.6 Å². The van der Waals surface area contributed by atoms with Crippen LogP contribution in [-0.2, 0) is 6.54 Å². The minimum absolute atomic E-state index is 0.0215. The van der Waals surface area contributed by atoms with E-state index in [0.717, 1.165) is 12.3 Å². The van der Waals surface area contributed by atoms with Crippen LogP contribution in [0.2, 0.25) is 0 Å². The van der Waals surface area contributed by atoms with Crippen LogP contribution in [0.3, 0.4) is 0 Å². The molecule has 1 atom stereocenters. The summed E-state index contributed by atoms with van der Waals surface area (Å²) >= 11 is 0. The molecule has 1 aromatic rings. The first-order valence-corrected chi connectivity index (χ1v) is 4.73. The summed E-state index contributed by atoms with van der Waals surface area (Å²) in [7, 11) is 0. The van der Waals surface area contributed by atoms with Crippen LogP contribution >= 0.6 is 0 Å². The Morgan fingerprint density at radius 3 is 2.93 bits per heavy atom. The summed E-state index contributed by atoms with van der Waals surface area (Å²) in [5.74, 6) is -0.255. The fraction of sp³-hybridized carbons (Fsp3) is 0.500. The van der Waals surface area contributed by atoms with Crippen molar-refractivity contribution in [2.45, 2.75) is 25.9 Å². The molecular formula is C10H13NO3. The van der Waals surface area contributed by atoms with Crippen LogP contribution < -0.4 is 0 Å². The second-order valence-corrected chi connectivity index (χ2v) is 3.68. The van der Waals surface area contributed by atoms with Gasteiger partial charge in [-0.1, -0.05) is 0 Å². The number of furan rings is 1. The van der Waals surface area contributed by atoms with Crippen LogP contribution in [0.1, 0.15) is 29.7 Å². The Kier molecular flexibility index (Phi) is 2.29. The average molecular weight is 195 g/mol. The van der Waals surface area contributed by atoms with Crippen LogP contribution in [0.15, 0.2) is 16.5 Å². The number of rotatable bonds is 3. The van der Waals surface area contributed by atoms with E-state index < -0.39 is 5.97 Å². The monoisotopic (exact) mass is 195 g/mol. The molecular weight excluding hydrogens is 182 g/mol. The van der Waals surface area contributed by atoms with Gasteiger partial charge in [-0.2, -0.15) is 0 Å². The third-order valence-corrected chi connectivity index (χ3v) is 2.69. The number of aromatic carboxylic acids is 1. The summed E-state index contributed by atoms with van der Waals surface area (Å²) in [6, 6.07) is 3.82. The molecule has 1 fully saturated rings. The molecule has 0 radical (unpaired) electrons. The molecule has 0 saturated carbocycles. The lowest BCUT2D eigenvalue weighted by Crippen LogP contribution is -2.44. The highest BCUT2D eigenvalue weighted by molar-refractivity contribution is 5.84. The quantitative estimate of drug-likeness (QED) is 0.795. The Morgan fingerprint density at radius 2 is 2.50 bits per heavy atom. The molecule has 0 amide bonds. The van der Waals surface area contributed by atoms with Gasteiger partial charge in [0, 0.05) is 12.6 Å². The maximum Gasteiger partial charge on any atom is 0.371 e. The molecule has 0 aromatic carbocycles. The van der Waals surface area contributed by atoms with Crippen molar-refractivity contribution < 1.29 is 14.3 Å². The van der Waals surface area contributed by atoms with Crippen molar-refractivity contribution in [3.63, 3.8) is 0 Å². The van der Waals surface area contributed by atoms with E-state index in [4.69, 9.17) is 9.52 Å². The predicted octanol–water partition coefficient (Wildman–Crippen LogP) is 1.57. The smallest absolute Gasteiger partial charge is 0.371 e. The SMILES string of the molecule is CC1CCN1Cc1ccc(C(=O)O)o1. The van der Waals surface area contributed by atoms with E-state index in [1.165, 1.54) is 12.5 Å². The Bertz CT molecular complexity index is 345. The highest BCUT2D eigenvalue weighted by Crippen LogP contribution is 2.20. The Balaban J connectivity index is 1.99. The zero-order chi connectivity index (χ0) is 10.1. The highest BCUT2D eigenvalue weighted by atomic mass is 16.4. The van der Waals surface area contributed by atoms with Gasteiger partial charge in [-0.05, 0) is 25.5 Å². The van der Waals surface area contributed by atoms with Crippen molar-refractivity contribution in [1.82, 2.24) is 4.90 Å². The molecule has 2 rings (SSSR count). The van der Waals surface area contributed by atoms with Gasteiger partial charge < -0.3 is 9.52 Å². The summed E-state index contributed by atoms with van der Waals surface area (Å²) in [4.78, 5) is 12.8. The van der Waals surface area contributed by atoms with Gasteiger partial charge in [0.2, 0.25) is 5.76 Å². The Morgan fingerprint density at radius 1 is 1.71 bits per heavy atom. The predicted molar refractivity (Wildman–Crippen MR) is 50.2 cm³/mol. The first kappa shape index (κ1) is 9.27. The van der Waals surface area contributed by atoms with Gasteiger partial charge in [-0.15, -0.1) is 0 Å². The molecule has 0 aliphatic carbocycles. The van der Waals surface area contributed by atoms with Crippen molar-refractivity contribution in [1.29, 1.82) is 0 Å². The maximum absolute atomic E-state index is 10.5. The first-order valence-electron chi connectivity index (χ1n) is 4.73. The van der Waals surface area contributed by atoms with E-state index in [9.17, 15) is 4.79 Å². The van der Waals surface area contributed by atoms with Crippen LogP contribution in [0.5, 0.6) is 0 Å². The third-order valence-electron chi connectivity index (χ3n) is 2.69. The molecule has 1 aliphatic heterocycles. The molecule has 1 N–H and O–H groups in total. The molecule has 4 nitrogen and oxygen atoms in total. The van der Waals surface area contributed by atoms with E-state index in [1.807, 2.05) is 0 Å². The molecule has 2 heterocycles. The van der Waals surface area contributed by atoms with E-state index in [2.05, 4.69) is 11.8 Å². The number of nitrogens with zero attached hydrogens (tertiary/aromatic N) is 1. The fourth-order valence-electron chi connectivity index (χ4n) is 1.58. The number of carboxylic acids is 1. The number of hydrogen-bond acceptors (Lipinski definition) is 3. The topological polar surface area (TPSA) is 53.7 Å². The van der Waals surface area contributed by atoms with Gasteiger partial charge >= 0.3 is 5.97 Å². The molecule has 76 valence electrons. The zero-order valence-corrected chi connectivity index (χ0v) is 8.06. The first-order chi connectivity index (χ1) is 6.66. The van der Waals surface area contributed by atoms with E-state index in [0.29, 0.717) is 12.6 Å². The number of hydrogen-bond donors (Lipinski definition) is 1. The molecule has 1 aliphatic rings. The summed E-state index contributed by atoms with van der Waals surface area (Å²) in [6.45, 7) is 3.95. The van der Waals surface area contributed by atoms with Gasteiger partial charge in [0.1, 0.15) is 5.76 Å². The fourth-order valence-corrected chi connectivity index (χ4v) is 1.58. The minimum atomic E-state index is -1.01. The Labute approximate surface area is 82.1 Å². The average Bonchev–Trinajstić information content (AvgIpc) is 2.60. The summed E-state index contributed by atoms with van der Waals surface area (Å²) in [6.07, 6.45) is 1.21. The van der Waals surface area contributed by atoms with Crippen LogP contribution in [0, 0.1) is 0 Å². The molecule has 0 spiro atoms. The maximum atomic E-state index is 10.5. The Hall–Kier alpha value is -1.29. The number of carbonyl (C=O) groups is 1. The van der Waals surface area contributed by atoms with Gasteiger partial charge in [0.25, 0.3) is 0 Å². The second-order valence-electron chi connectivity index (χ2n) is 3.68. The summed E-state index contributed by atoms with van der Waals surface area (Å²) < 4.78 is 5.16. The molecule has 1 unspecified atom stereocenters. The molecule has 14 heavy (non-hydrogen) atoms. The largest absolute Gasteiger partial charge is 0.475 e.